The highest BCUT2D eigenvalue weighted by molar-refractivity contribution is 7.85. The highest BCUT2D eigenvalue weighted by Crippen LogP contribution is 2.10. The van der Waals surface area contributed by atoms with Gasteiger partial charge in [-0.2, -0.15) is 8.42 Å². The average molecular weight is 424 g/mol. The topological polar surface area (TPSA) is 104 Å². The van der Waals surface area contributed by atoms with Crippen LogP contribution < -0.4 is 5.32 Å². The minimum Gasteiger partial charge on any atom is -0.386 e. The summed E-state index contributed by atoms with van der Waals surface area (Å²) in [4.78, 5) is 11.9. The van der Waals surface area contributed by atoms with Gasteiger partial charge in [-0.3, -0.25) is 9.35 Å². The number of carbonyl (C=O) groups is 1. The maximum absolute atomic E-state index is 11.9. The van der Waals surface area contributed by atoms with Gasteiger partial charge in [0.15, 0.2) is 0 Å². The normalized spacial score (nSPS) is 13.5. The zero-order valence-electron chi connectivity index (χ0n) is 18.2. The molecule has 0 unspecified atom stereocenters. The van der Waals surface area contributed by atoms with Gasteiger partial charge >= 0.3 is 0 Å². The number of aliphatic hydroxyl groups excluding tert-OH is 1. The Hall–Kier alpha value is -0.700. The van der Waals surface area contributed by atoms with Crippen molar-refractivity contribution < 1.29 is 27.4 Å². The molecule has 0 spiro atoms. The first kappa shape index (κ1) is 27.3. The Balaban J connectivity index is 3.67. The van der Waals surface area contributed by atoms with Gasteiger partial charge in [0.25, 0.3) is 10.1 Å². The van der Waals surface area contributed by atoms with Crippen molar-refractivity contribution in [3.05, 3.63) is 0 Å². The number of amides is 1. The van der Waals surface area contributed by atoms with Crippen molar-refractivity contribution in [1.82, 2.24) is 5.32 Å². The van der Waals surface area contributed by atoms with Crippen LogP contribution in [0.5, 0.6) is 0 Å². The molecule has 0 aromatic rings. The second kappa shape index (κ2) is 15.2. The molecule has 0 aliphatic carbocycles. The molecule has 3 N–H and O–H groups in total. The van der Waals surface area contributed by atoms with E-state index in [1.165, 1.54) is 44.9 Å². The molecule has 0 saturated heterocycles. The quantitative estimate of drug-likeness (QED) is 0.179. The van der Waals surface area contributed by atoms with Crippen LogP contribution in [-0.4, -0.2) is 74.1 Å². The Kier molecular flexibility index (Phi) is 14.8. The number of nitrogens with zero attached hydrogens (tertiary/aromatic N) is 1. The van der Waals surface area contributed by atoms with Gasteiger partial charge in [0.2, 0.25) is 5.91 Å². The van der Waals surface area contributed by atoms with Crippen molar-refractivity contribution in [2.24, 2.45) is 0 Å². The van der Waals surface area contributed by atoms with Gasteiger partial charge in [-0.15, -0.1) is 0 Å². The zero-order chi connectivity index (χ0) is 21.5. The standard InChI is InChI=1S/C20H42N2O5S/c1-4-5-6-7-8-9-10-11-12-14-20(24)21-15-13-16-22(2,3)17-19(23)18-28(25,26)27/h19,23H,4-18H2,1-3H3,(H-,21,24,25,26,27)/p+1/t19-/m1/s1. The van der Waals surface area contributed by atoms with Gasteiger partial charge in [0.1, 0.15) is 18.4 Å². The molecule has 1 atom stereocenters. The van der Waals surface area contributed by atoms with E-state index in [0.717, 1.165) is 19.3 Å². The maximum atomic E-state index is 11.9. The Morgan fingerprint density at radius 3 is 2.04 bits per heavy atom. The number of likely N-dealkylation sites (N-methyl/N-ethyl adjacent to an activating group) is 1. The molecule has 0 fully saturated rings. The number of nitrogens with one attached hydrogen (secondary N) is 1. The number of hydrogen-bond donors (Lipinski definition) is 3. The molecule has 0 rings (SSSR count). The SMILES string of the molecule is CCCCCCCCCCCC(=O)NCCC[N+](C)(C)C[C@@H](O)CS(=O)(=O)O. The van der Waals surface area contributed by atoms with E-state index >= 15 is 0 Å². The summed E-state index contributed by atoms with van der Waals surface area (Å²) in [6.07, 6.45) is 11.3. The number of hydrogen-bond acceptors (Lipinski definition) is 4. The van der Waals surface area contributed by atoms with Crippen molar-refractivity contribution in [2.45, 2.75) is 83.7 Å². The summed E-state index contributed by atoms with van der Waals surface area (Å²) in [6, 6.07) is 0. The smallest absolute Gasteiger partial charge is 0.267 e. The monoisotopic (exact) mass is 423 g/mol. The molecule has 1 amide bonds. The third-order valence-corrected chi connectivity index (χ3v) is 5.68. The van der Waals surface area contributed by atoms with E-state index in [2.05, 4.69) is 12.2 Å². The van der Waals surface area contributed by atoms with Gasteiger partial charge in [-0.25, -0.2) is 0 Å². The Labute approximate surface area is 172 Å². The summed E-state index contributed by atoms with van der Waals surface area (Å²) in [5.41, 5.74) is 0. The molecule has 168 valence electrons. The highest BCUT2D eigenvalue weighted by Gasteiger charge is 2.24. The number of carbonyl (C=O) groups excluding carboxylic acids is 1. The van der Waals surface area contributed by atoms with Crippen molar-refractivity contribution >= 4 is 16.0 Å². The van der Waals surface area contributed by atoms with E-state index in [-0.39, 0.29) is 12.5 Å². The molecule has 0 aliphatic heterocycles. The first-order valence-electron chi connectivity index (χ1n) is 10.8. The minimum absolute atomic E-state index is 0.0830. The lowest BCUT2D eigenvalue weighted by Gasteiger charge is -2.31. The first-order chi connectivity index (χ1) is 13.1. The minimum atomic E-state index is -4.17. The van der Waals surface area contributed by atoms with Crippen LogP contribution in [0.4, 0.5) is 0 Å². The summed E-state index contributed by atoms with van der Waals surface area (Å²) in [6.45, 7) is 3.72. The molecule has 0 bridgehead atoms. The molecule has 0 aromatic heterocycles. The third-order valence-electron chi connectivity index (χ3n) is 4.88. The van der Waals surface area contributed by atoms with Crippen LogP contribution in [0.2, 0.25) is 0 Å². The molecule has 0 saturated carbocycles. The Bertz CT molecular complexity index is 509. The molecule has 0 heterocycles. The summed E-state index contributed by atoms with van der Waals surface area (Å²) in [5, 5.41) is 12.7. The molecule has 8 heteroatoms. The van der Waals surface area contributed by atoms with Gasteiger partial charge < -0.3 is 14.9 Å². The number of unbranched alkanes of at least 4 members (excludes halogenated alkanes) is 8. The van der Waals surface area contributed by atoms with Crippen LogP contribution in [0, 0.1) is 0 Å². The second-order valence-corrected chi connectivity index (χ2v) is 10.0. The lowest BCUT2D eigenvalue weighted by molar-refractivity contribution is -0.893. The number of rotatable bonds is 18. The molecular weight excluding hydrogens is 380 g/mol. The summed E-state index contributed by atoms with van der Waals surface area (Å²) in [7, 11) is -0.397. The second-order valence-electron chi connectivity index (χ2n) is 8.53. The Morgan fingerprint density at radius 1 is 0.964 bits per heavy atom. The summed E-state index contributed by atoms with van der Waals surface area (Å²) < 4.78 is 30.8. The first-order valence-corrected chi connectivity index (χ1v) is 12.4. The van der Waals surface area contributed by atoms with E-state index in [9.17, 15) is 18.3 Å². The van der Waals surface area contributed by atoms with E-state index < -0.39 is 22.0 Å². The van der Waals surface area contributed by atoms with Crippen LogP contribution in [0.3, 0.4) is 0 Å². The van der Waals surface area contributed by atoms with Crippen molar-refractivity contribution in [1.29, 1.82) is 0 Å². The molecule has 28 heavy (non-hydrogen) atoms. The van der Waals surface area contributed by atoms with E-state index in [0.29, 0.717) is 24.0 Å². The Morgan fingerprint density at radius 2 is 1.50 bits per heavy atom. The predicted octanol–water partition coefficient (Wildman–Crippen LogP) is 2.74. The molecular formula is C20H43N2O5S+. The molecule has 0 aliphatic rings. The van der Waals surface area contributed by atoms with Crippen LogP contribution in [0.25, 0.3) is 0 Å². The van der Waals surface area contributed by atoms with Gasteiger partial charge in [0, 0.05) is 19.4 Å². The fourth-order valence-corrected chi connectivity index (χ4v) is 3.97. The van der Waals surface area contributed by atoms with E-state index in [1.54, 1.807) is 0 Å². The lowest BCUT2D eigenvalue weighted by Crippen LogP contribution is -2.48. The van der Waals surface area contributed by atoms with Crippen LogP contribution in [0.1, 0.15) is 77.6 Å². The predicted molar refractivity (Wildman–Crippen MR) is 114 cm³/mol. The largest absolute Gasteiger partial charge is 0.386 e. The van der Waals surface area contributed by atoms with Crippen LogP contribution in [0.15, 0.2) is 0 Å². The summed E-state index contributed by atoms with van der Waals surface area (Å²) in [5.74, 6) is -0.566. The number of quaternary nitrogens is 1. The van der Waals surface area contributed by atoms with Gasteiger partial charge in [-0.1, -0.05) is 58.3 Å². The highest BCUT2D eigenvalue weighted by atomic mass is 32.2. The molecule has 7 nitrogen and oxygen atoms in total. The fraction of sp³-hybridized carbons (Fsp3) is 0.950. The van der Waals surface area contributed by atoms with E-state index in [4.69, 9.17) is 4.55 Å². The van der Waals surface area contributed by atoms with Gasteiger partial charge in [-0.05, 0) is 6.42 Å². The van der Waals surface area contributed by atoms with Crippen LogP contribution >= 0.6 is 0 Å². The molecule has 0 radical (unpaired) electrons. The van der Waals surface area contributed by atoms with Gasteiger partial charge in [0.05, 0.1) is 20.6 Å². The zero-order valence-corrected chi connectivity index (χ0v) is 19.0. The van der Waals surface area contributed by atoms with Crippen molar-refractivity contribution in [3.8, 4) is 0 Å². The van der Waals surface area contributed by atoms with Crippen molar-refractivity contribution in [3.63, 3.8) is 0 Å². The van der Waals surface area contributed by atoms with E-state index in [1.807, 2.05) is 14.1 Å². The fourth-order valence-electron chi connectivity index (χ4n) is 3.38. The average Bonchev–Trinajstić information content (AvgIpc) is 2.55. The summed E-state index contributed by atoms with van der Waals surface area (Å²) >= 11 is 0. The maximum Gasteiger partial charge on any atom is 0.267 e. The van der Waals surface area contributed by atoms with Crippen molar-refractivity contribution in [2.75, 3.05) is 39.5 Å². The third kappa shape index (κ3) is 18.7. The number of aliphatic hydroxyl groups is 1. The molecule has 0 aromatic carbocycles. The van der Waals surface area contributed by atoms with Crippen LogP contribution in [-0.2, 0) is 14.9 Å². The lowest BCUT2D eigenvalue weighted by atomic mass is 10.1.